The molecule has 0 radical (unpaired) electrons. The predicted molar refractivity (Wildman–Crippen MR) is 80.2 cm³/mol. The molecule has 1 aromatic heterocycles. The highest BCUT2D eigenvalue weighted by Crippen LogP contribution is 2.24. The highest BCUT2D eigenvalue weighted by Gasteiger charge is 2.13. The zero-order chi connectivity index (χ0) is 13.8. The molecule has 0 fully saturated rings. The van der Waals surface area contributed by atoms with Gasteiger partial charge in [-0.25, -0.2) is 0 Å². The van der Waals surface area contributed by atoms with Crippen LogP contribution in [-0.4, -0.2) is 9.78 Å². The van der Waals surface area contributed by atoms with Crippen LogP contribution < -0.4 is 5.43 Å². The Kier molecular flexibility index (Phi) is 3.42. The molecule has 0 saturated carbocycles. The first-order valence-corrected chi connectivity index (χ1v) is 6.56. The van der Waals surface area contributed by atoms with Crippen LogP contribution in [0.2, 0.25) is 0 Å². The van der Waals surface area contributed by atoms with E-state index in [0.717, 1.165) is 5.56 Å². The van der Waals surface area contributed by atoms with Crippen molar-refractivity contribution in [3.05, 3.63) is 90.3 Å². The lowest BCUT2D eigenvalue weighted by Crippen LogP contribution is -2.20. The van der Waals surface area contributed by atoms with Crippen molar-refractivity contribution < 1.29 is 5.11 Å². The molecule has 2 N–H and O–H groups in total. The van der Waals surface area contributed by atoms with Crippen molar-refractivity contribution in [1.29, 1.82) is 0 Å². The lowest BCUT2D eigenvalue weighted by atomic mass is 9.99. The van der Waals surface area contributed by atoms with Crippen LogP contribution >= 0.6 is 0 Å². The van der Waals surface area contributed by atoms with Gasteiger partial charge < -0.3 is 10.5 Å². The molecule has 0 aliphatic heterocycles. The Morgan fingerprint density at radius 3 is 2.00 bits per heavy atom. The molecule has 2 aromatic carbocycles. The van der Waals surface area contributed by atoms with Crippen LogP contribution in [0.4, 0.5) is 0 Å². The Morgan fingerprint density at radius 2 is 1.35 bits per heavy atom. The van der Waals surface area contributed by atoms with E-state index in [9.17, 15) is 5.11 Å². The average molecular weight is 264 g/mol. The van der Waals surface area contributed by atoms with Crippen LogP contribution in [0, 0.1) is 0 Å². The van der Waals surface area contributed by atoms with Gasteiger partial charge in [0.15, 0.2) is 0 Å². The van der Waals surface area contributed by atoms with Gasteiger partial charge in [0.05, 0.1) is 6.04 Å². The molecule has 20 heavy (non-hydrogen) atoms. The van der Waals surface area contributed by atoms with Gasteiger partial charge >= 0.3 is 0 Å². The van der Waals surface area contributed by atoms with Gasteiger partial charge in [-0.15, -0.1) is 0 Å². The van der Waals surface area contributed by atoms with E-state index in [1.54, 1.807) is 12.1 Å². The molecule has 0 bridgehead atoms. The first-order chi connectivity index (χ1) is 9.83. The van der Waals surface area contributed by atoms with E-state index in [4.69, 9.17) is 0 Å². The van der Waals surface area contributed by atoms with Gasteiger partial charge in [0.2, 0.25) is 0 Å². The topological polar surface area (TPSA) is 37.2 Å². The van der Waals surface area contributed by atoms with Crippen molar-refractivity contribution in [3.63, 3.8) is 0 Å². The average Bonchev–Trinajstić information content (AvgIpc) is 3.00. The highest BCUT2D eigenvalue weighted by atomic mass is 16.3. The van der Waals surface area contributed by atoms with E-state index in [1.807, 2.05) is 59.5 Å². The minimum Gasteiger partial charge on any atom is -0.508 e. The van der Waals surface area contributed by atoms with Crippen molar-refractivity contribution in [3.8, 4) is 5.75 Å². The van der Waals surface area contributed by atoms with Crippen molar-refractivity contribution >= 4 is 0 Å². The molecule has 1 heterocycles. The molecular formula is C17H16N2O. The number of aromatic hydroxyl groups is 1. The fourth-order valence-electron chi connectivity index (χ4n) is 2.22. The second-order valence-corrected chi connectivity index (χ2v) is 4.65. The standard InChI is InChI=1S/C17H16N2O/c20-16-10-8-15(9-11-16)17(14-6-2-1-3-7-14)18-19-12-4-5-13-19/h1-13,17-18,20H. The highest BCUT2D eigenvalue weighted by molar-refractivity contribution is 5.37. The van der Waals surface area contributed by atoms with Gasteiger partial charge in [-0.05, 0) is 35.4 Å². The van der Waals surface area contributed by atoms with Crippen molar-refractivity contribution in [2.45, 2.75) is 6.04 Å². The van der Waals surface area contributed by atoms with E-state index in [2.05, 4.69) is 17.6 Å². The Morgan fingerprint density at radius 1 is 0.750 bits per heavy atom. The molecule has 0 spiro atoms. The van der Waals surface area contributed by atoms with E-state index in [1.165, 1.54) is 5.56 Å². The lowest BCUT2D eigenvalue weighted by molar-refractivity contribution is 0.475. The monoisotopic (exact) mass is 264 g/mol. The maximum absolute atomic E-state index is 9.44. The number of phenolic OH excluding ortho intramolecular Hbond substituents is 1. The third-order valence-electron chi connectivity index (χ3n) is 3.24. The van der Waals surface area contributed by atoms with E-state index < -0.39 is 0 Å². The van der Waals surface area contributed by atoms with Crippen LogP contribution in [0.1, 0.15) is 17.2 Å². The first kappa shape index (κ1) is 12.4. The SMILES string of the molecule is Oc1ccc(C(Nn2cccc2)c2ccccc2)cc1. The van der Waals surface area contributed by atoms with Gasteiger partial charge in [0.25, 0.3) is 0 Å². The summed E-state index contributed by atoms with van der Waals surface area (Å²) in [5, 5.41) is 9.44. The summed E-state index contributed by atoms with van der Waals surface area (Å²) < 4.78 is 1.94. The molecule has 1 atom stereocenters. The third kappa shape index (κ3) is 2.67. The summed E-state index contributed by atoms with van der Waals surface area (Å²) in [7, 11) is 0. The number of rotatable bonds is 4. The summed E-state index contributed by atoms with van der Waals surface area (Å²) in [6.45, 7) is 0. The molecule has 0 saturated heterocycles. The minimum atomic E-state index is 0.0317. The van der Waals surface area contributed by atoms with Gasteiger partial charge in [0, 0.05) is 12.4 Å². The molecule has 3 rings (SSSR count). The Bertz CT molecular complexity index is 645. The van der Waals surface area contributed by atoms with Crippen molar-refractivity contribution in [1.82, 2.24) is 4.68 Å². The molecule has 1 unspecified atom stereocenters. The molecular weight excluding hydrogens is 248 g/mol. The number of benzene rings is 2. The Balaban J connectivity index is 1.97. The van der Waals surface area contributed by atoms with Crippen LogP contribution in [0.3, 0.4) is 0 Å². The third-order valence-corrected chi connectivity index (χ3v) is 3.24. The molecule has 0 aliphatic carbocycles. The maximum Gasteiger partial charge on any atom is 0.115 e. The van der Waals surface area contributed by atoms with Crippen LogP contribution in [-0.2, 0) is 0 Å². The largest absolute Gasteiger partial charge is 0.508 e. The predicted octanol–water partition coefficient (Wildman–Crippen LogP) is 3.53. The van der Waals surface area contributed by atoms with Gasteiger partial charge in [-0.2, -0.15) is 0 Å². The lowest BCUT2D eigenvalue weighted by Gasteiger charge is -2.21. The Hall–Kier alpha value is -2.68. The zero-order valence-electron chi connectivity index (χ0n) is 11.0. The van der Waals surface area contributed by atoms with Crippen molar-refractivity contribution in [2.75, 3.05) is 5.43 Å². The summed E-state index contributed by atoms with van der Waals surface area (Å²) in [5.74, 6) is 0.279. The fourth-order valence-corrected chi connectivity index (χ4v) is 2.22. The Labute approximate surface area is 118 Å². The van der Waals surface area contributed by atoms with E-state index >= 15 is 0 Å². The molecule has 0 aliphatic rings. The van der Waals surface area contributed by atoms with Gasteiger partial charge in [0.1, 0.15) is 5.75 Å². The fraction of sp³-hybridized carbons (Fsp3) is 0.0588. The minimum absolute atomic E-state index is 0.0317. The normalized spacial score (nSPS) is 12.0. The summed E-state index contributed by atoms with van der Waals surface area (Å²) >= 11 is 0. The number of nitrogens with one attached hydrogen (secondary N) is 1. The number of phenols is 1. The summed E-state index contributed by atoms with van der Waals surface area (Å²) in [6.07, 6.45) is 3.94. The molecule has 3 heteroatoms. The maximum atomic E-state index is 9.44. The molecule has 100 valence electrons. The smallest absolute Gasteiger partial charge is 0.115 e. The first-order valence-electron chi connectivity index (χ1n) is 6.56. The number of aromatic nitrogens is 1. The quantitative estimate of drug-likeness (QED) is 0.756. The molecule has 3 nitrogen and oxygen atoms in total. The van der Waals surface area contributed by atoms with Crippen LogP contribution in [0.25, 0.3) is 0 Å². The summed E-state index contributed by atoms with van der Waals surface area (Å²) in [5.41, 5.74) is 5.72. The van der Waals surface area contributed by atoms with Gasteiger partial charge in [-0.3, -0.25) is 4.68 Å². The van der Waals surface area contributed by atoms with Crippen LogP contribution in [0.15, 0.2) is 79.1 Å². The van der Waals surface area contributed by atoms with Gasteiger partial charge in [-0.1, -0.05) is 42.5 Å². The second kappa shape index (κ2) is 5.53. The van der Waals surface area contributed by atoms with E-state index in [0.29, 0.717) is 0 Å². The summed E-state index contributed by atoms with van der Waals surface area (Å²) in [4.78, 5) is 0. The van der Waals surface area contributed by atoms with Crippen molar-refractivity contribution in [2.24, 2.45) is 0 Å². The van der Waals surface area contributed by atoms with Crippen LogP contribution in [0.5, 0.6) is 5.75 Å². The number of hydrogen-bond acceptors (Lipinski definition) is 2. The summed E-state index contributed by atoms with van der Waals surface area (Å²) in [6, 6.07) is 21.5. The second-order valence-electron chi connectivity index (χ2n) is 4.65. The molecule has 3 aromatic rings. The number of nitrogens with zero attached hydrogens (tertiary/aromatic N) is 1. The van der Waals surface area contributed by atoms with E-state index in [-0.39, 0.29) is 11.8 Å². The molecule has 0 amide bonds. The number of hydrogen-bond donors (Lipinski definition) is 2. The zero-order valence-corrected chi connectivity index (χ0v) is 11.0.